The average molecular weight is 647 g/mol. The van der Waals surface area contributed by atoms with Gasteiger partial charge in [0.1, 0.15) is 11.3 Å². The molecule has 1 unspecified atom stereocenters. The molecule has 0 saturated carbocycles. The van der Waals surface area contributed by atoms with E-state index in [9.17, 15) is 0 Å². The molecule has 0 fully saturated rings. The van der Waals surface area contributed by atoms with Gasteiger partial charge in [0.05, 0.1) is 5.69 Å². The van der Waals surface area contributed by atoms with Gasteiger partial charge in [0.2, 0.25) is 0 Å². The minimum absolute atomic E-state index is 0.247. The van der Waals surface area contributed by atoms with Gasteiger partial charge in [-0.3, -0.25) is 4.98 Å². The number of hydrogen-bond acceptors (Lipinski definition) is 4. The highest BCUT2D eigenvalue weighted by atomic mass is 32.1. The lowest BCUT2D eigenvalue weighted by atomic mass is 9.86. The minimum Gasteiger partial charge on any atom is -0.456 e. The number of anilines is 3. The molecule has 49 heavy (non-hydrogen) atoms. The zero-order valence-corrected chi connectivity index (χ0v) is 27.4. The van der Waals surface area contributed by atoms with E-state index in [1.54, 1.807) is 0 Å². The van der Waals surface area contributed by atoms with E-state index in [1.165, 1.54) is 58.9 Å². The summed E-state index contributed by atoms with van der Waals surface area (Å²) in [5, 5.41) is 6.10. The molecule has 0 amide bonds. The third kappa shape index (κ3) is 4.67. The fraction of sp³-hybridized carbons (Fsp3) is 0.0444. The summed E-state index contributed by atoms with van der Waals surface area (Å²) in [6.45, 7) is 0. The number of allylic oxidation sites excluding steroid dienone is 1. The van der Waals surface area contributed by atoms with Crippen molar-refractivity contribution in [1.29, 1.82) is 0 Å². The van der Waals surface area contributed by atoms with Crippen molar-refractivity contribution in [1.82, 2.24) is 4.98 Å². The van der Waals surface area contributed by atoms with Crippen LogP contribution in [0.1, 0.15) is 22.8 Å². The summed E-state index contributed by atoms with van der Waals surface area (Å²) in [6, 6.07) is 50.4. The van der Waals surface area contributed by atoms with E-state index < -0.39 is 0 Å². The molecule has 1 aliphatic rings. The molecule has 3 nitrogen and oxygen atoms in total. The first-order valence-corrected chi connectivity index (χ1v) is 17.5. The molecule has 6 aromatic carbocycles. The van der Waals surface area contributed by atoms with Crippen LogP contribution < -0.4 is 4.90 Å². The molecular weight excluding hydrogens is 617 g/mol. The highest BCUT2D eigenvalue weighted by Crippen LogP contribution is 2.46. The average Bonchev–Trinajstić information content (AvgIpc) is 3.75. The topological polar surface area (TPSA) is 29.3 Å². The zero-order valence-electron chi connectivity index (χ0n) is 26.6. The van der Waals surface area contributed by atoms with Gasteiger partial charge in [-0.1, -0.05) is 91.0 Å². The van der Waals surface area contributed by atoms with Gasteiger partial charge in [0.25, 0.3) is 0 Å². The normalized spacial score (nSPS) is 14.2. The molecule has 1 aliphatic carbocycles. The lowest BCUT2D eigenvalue weighted by Gasteiger charge is -2.27. The van der Waals surface area contributed by atoms with Crippen molar-refractivity contribution in [2.45, 2.75) is 12.3 Å². The van der Waals surface area contributed by atoms with Crippen LogP contribution in [0.25, 0.3) is 59.1 Å². The molecule has 232 valence electrons. The highest BCUT2D eigenvalue weighted by molar-refractivity contribution is 7.26. The molecule has 10 rings (SSSR count). The maximum atomic E-state index is 6.31. The molecule has 0 radical (unpaired) electrons. The van der Waals surface area contributed by atoms with Gasteiger partial charge in [-0.2, -0.15) is 0 Å². The maximum absolute atomic E-state index is 6.31. The van der Waals surface area contributed by atoms with Crippen LogP contribution in [0.2, 0.25) is 0 Å². The Bertz CT molecular complexity index is 2690. The molecule has 1 atom stereocenters. The van der Waals surface area contributed by atoms with Crippen LogP contribution in [0.4, 0.5) is 17.1 Å². The highest BCUT2D eigenvalue weighted by Gasteiger charge is 2.24. The van der Waals surface area contributed by atoms with Crippen molar-refractivity contribution in [3.8, 4) is 11.1 Å². The van der Waals surface area contributed by atoms with Crippen molar-refractivity contribution < 1.29 is 4.42 Å². The van der Waals surface area contributed by atoms with Crippen LogP contribution in [0, 0.1) is 0 Å². The van der Waals surface area contributed by atoms with Gasteiger partial charge in [-0.15, -0.1) is 11.3 Å². The smallest absolute Gasteiger partial charge is 0.135 e. The summed E-state index contributed by atoms with van der Waals surface area (Å²) < 4.78 is 8.90. The Morgan fingerprint density at radius 2 is 1.39 bits per heavy atom. The third-order valence-corrected chi connectivity index (χ3v) is 11.1. The van der Waals surface area contributed by atoms with Gasteiger partial charge in [-0.25, -0.2) is 0 Å². The first-order valence-electron chi connectivity index (χ1n) is 16.7. The largest absolute Gasteiger partial charge is 0.456 e. The Morgan fingerprint density at radius 1 is 0.633 bits per heavy atom. The van der Waals surface area contributed by atoms with Crippen LogP contribution in [-0.4, -0.2) is 4.98 Å². The van der Waals surface area contributed by atoms with Crippen LogP contribution >= 0.6 is 11.3 Å². The second kappa shape index (κ2) is 11.3. The lowest BCUT2D eigenvalue weighted by Crippen LogP contribution is -2.11. The SMILES string of the molecule is C1=CC(c2ccc(N(c3ccc(-c4ccccc4)cc3)c3cccc4sc5ccccc5c34)cc2)Cc2c1oc1ccc3ccncc3c21. The number of nitrogens with zero attached hydrogens (tertiary/aromatic N) is 2. The van der Waals surface area contributed by atoms with E-state index in [1.807, 2.05) is 23.7 Å². The standard InChI is InChI=1S/C45H30N2OS/c1-2-7-29(8-3-1)30-13-19-34(20-14-30)47(39-10-6-12-43-45(39)36-9-4-5-11-42(36)49-43)35-21-15-31(16-22-35)33-18-23-40-37(27-33)44-38-28-46-26-25-32(38)17-24-41(44)48-40/h1-26,28,33H,27H2. The molecule has 0 N–H and O–H groups in total. The molecule has 3 aromatic heterocycles. The first kappa shape index (κ1) is 28.1. The van der Waals surface area contributed by atoms with E-state index in [-0.39, 0.29) is 5.92 Å². The van der Waals surface area contributed by atoms with Crippen molar-refractivity contribution in [2.75, 3.05) is 4.90 Å². The summed E-state index contributed by atoms with van der Waals surface area (Å²) in [4.78, 5) is 6.85. The maximum Gasteiger partial charge on any atom is 0.135 e. The Morgan fingerprint density at radius 3 is 2.24 bits per heavy atom. The number of aromatic nitrogens is 1. The van der Waals surface area contributed by atoms with Gasteiger partial charge in [0, 0.05) is 66.2 Å². The van der Waals surface area contributed by atoms with E-state index in [0.29, 0.717) is 0 Å². The number of furan rings is 1. The molecule has 4 heteroatoms. The van der Waals surface area contributed by atoms with Crippen LogP contribution in [0.5, 0.6) is 0 Å². The van der Waals surface area contributed by atoms with Gasteiger partial charge in [-0.05, 0) is 89.2 Å². The second-order valence-corrected chi connectivity index (χ2v) is 13.8. The molecule has 9 aromatic rings. The monoisotopic (exact) mass is 646 g/mol. The van der Waals surface area contributed by atoms with Crippen molar-refractivity contribution >= 4 is 76.4 Å². The Balaban J connectivity index is 1.06. The fourth-order valence-corrected chi connectivity index (χ4v) is 8.70. The Kier molecular flexibility index (Phi) is 6.49. The van der Waals surface area contributed by atoms with Crippen LogP contribution in [-0.2, 0) is 6.42 Å². The summed E-state index contributed by atoms with van der Waals surface area (Å²) in [5.41, 5.74) is 9.34. The van der Waals surface area contributed by atoms with Gasteiger partial charge < -0.3 is 9.32 Å². The molecule has 0 saturated heterocycles. The number of benzene rings is 6. The summed E-state index contributed by atoms with van der Waals surface area (Å²) in [7, 11) is 0. The molecule has 3 heterocycles. The lowest BCUT2D eigenvalue weighted by molar-refractivity contribution is 0.592. The number of hydrogen-bond donors (Lipinski definition) is 0. The van der Waals surface area contributed by atoms with Crippen molar-refractivity contribution in [2.24, 2.45) is 0 Å². The number of fused-ring (bicyclic) bond motifs is 8. The first-order chi connectivity index (χ1) is 24.3. The second-order valence-electron chi connectivity index (χ2n) is 12.7. The van der Waals surface area contributed by atoms with Crippen LogP contribution in [0.15, 0.2) is 162 Å². The Hall–Kier alpha value is -5.97. The predicted octanol–water partition coefficient (Wildman–Crippen LogP) is 12.8. The van der Waals surface area contributed by atoms with Crippen molar-refractivity contribution in [3.63, 3.8) is 0 Å². The molecule has 0 bridgehead atoms. The predicted molar refractivity (Wildman–Crippen MR) is 206 cm³/mol. The summed E-state index contributed by atoms with van der Waals surface area (Å²) in [5.74, 6) is 1.21. The van der Waals surface area contributed by atoms with E-state index >= 15 is 0 Å². The molecule has 0 spiro atoms. The van der Waals surface area contributed by atoms with E-state index in [0.717, 1.165) is 34.5 Å². The third-order valence-electron chi connectivity index (χ3n) is 9.94. The van der Waals surface area contributed by atoms with Gasteiger partial charge in [0.15, 0.2) is 0 Å². The van der Waals surface area contributed by atoms with Crippen molar-refractivity contribution in [3.05, 3.63) is 175 Å². The minimum atomic E-state index is 0.247. The summed E-state index contributed by atoms with van der Waals surface area (Å²) in [6.07, 6.45) is 9.15. The van der Waals surface area contributed by atoms with E-state index in [2.05, 4.69) is 162 Å². The van der Waals surface area contributed by atoms with Crippen LogP contribution in [0.3, 0.4) is 0 Å². The fourth-order valence-electron chi connectivity index (χ4n) is 7.57. The Labute approximate surface area is 288 Å². The van der Waals surface area contributed by atoms with Gasteiger partial charge >= 0.3 is 0 Å². The summed E-state index contributed by atoms with van der Waals surface area (Å²) >= 11 is 1.86. The molecule has 0 aliphatic heterocycles. The van der Waals surface area contributed by atoms with E-state index in [4.69, 9.17) is 4.42 Å². The zero-order chi connectivity index (χ0) is 32.3. The quantitative estimate of drug-likeness (QED) is 0.186. The number of thiophene rings is 1. The molecular formula is C45H30N2OS. The number of pyridine rings is 1. The number of rotatable bonds is 5.